The Morgan fingerprint density at radius 2 is 2.21 bits per heavy atom. The lowest BCUT2D eigenvalue weighted by atomic mass is 9.85. The molecule has 0 aromatic carbocycles. The number of ether oxygens (including phenoxy) is 1. The van der Waals surface area contributed by atoms with Gasteiger partial charge in [-0.1, -0.05) is 24.4 Å². The van der Waals surface area contributed by atoms with Crippen molar-refractivity contribution in [3.8, 4) is 0 Å². The maximum Gasteiger partial charge on any atom is 0.312 e. The number of nitrogens with zero attached hydrogens (tertiary/aromatic N) is 2. The summed E-state index contributed by atoms with van der Waals surface area (Å²) in [4.78, 5) is 14.8. The van der Waals surface area contributed by atoms with Crippen LogP contribution < -0.4 is 0 Å². The van der Waals surface area contributed by atoms with Crippen LogP contribution in [0, 0.1) is 5.92 Å². The van der Waals surface area contributed by atoms with Crippen LogP contribution in [0.5, 0.6) is 0 Å². The third kappa shape index (κ3) is 3.76. The molecule has 1 unspecified atom stereocenters. The standard InChI is InChI=1S/C13H20N2O4/c1-2-18-12(9-6-4-3-5-7-9)13-14-10(19-15-13)8-11(16)17/h9,12H,2-8H2,1H3,(H,16,17). The SMILES string of the molecule is CCOC(c1noc(CC(=O)O)n1)C1CCCCC1. The second-order valence-electron chi connectivity index (χ2n) is 4.89. The van der Waals surface area contributed by atoms with Crippen molar-refractivity contribution >= 4 is 5.97 Å². The minimum absolute atomic E-state index is 0.142. The first kappa shape index (κ1) is 14.0. The van der Waals surface area contributed by atoms with E-state index in [-0.39, 0.29) is 18.4 Å². The van der Waals surface area contributed by atoms with Crippen molar-refractivity contribution in [2.24, 2.45) is 5.92 Å². The zero-order valence-corrected chi connectivity index (χ0v) is 11.2. The largest absolute Gasteiger partial charge is 0.481 e. The van der Waals surface area contributed by atoms with Gasteiger partial charge in [-0.05, 0) is 25.7 Å². The van der Waals surface area contributed by atoms with E-state index in [1.165, 1.54) is 19.3 Å². The molecule has 0 radical (unpaired) electrons. The predicted octanol–water partition coefficient (Wildman–Crippen LogP) is 2.35. The van der Waals surface area contributed by atoms with Gasteiger partial charge >= 0.3 is 5.97 Å². The van der Waals surface area contributed by atoms with Crippen LogP contribution in [0.25, 0.3) is 0 Å². The van der Waals surface area contributed by atoms with Gasteiger partial charge in [0, 0.05) is 6.61 Å². The summed E-state index contributed by atoms with van der Waals surface area (Å²) in [5, 5.41) is 12.6. The molecule has 0 bridgehead atoms. The Bertz CT molecular complexity index is 413. The lowest BCUT2D eigenvalue weighted by Gasteiger charge is -2.27. The van der Waals surface area contributed by atoms with Crippen molar-refractivity contribution in [2.75, 3.05) is 6.61 Å². The predicted molar refractivity (Wildman–Crippen MR) is 66.6 cm³/mol. The highest BCUT2D eigenvalue weighted by Gasteiger charge is 2.29. The van der Waals surface area contributed by atoms with Crippen LogP contribution in [-0.2, 0) is 16.0 Å². The zero-order valence-electron chi connectivity index (χ0n) is 11.2. The Kier molecular flexibility index (Phi) is 4.90. The molecule has 1 atom stereocenters. The molecule has 6 nitrogen and oxygen atoms in total. The van der Waals surface area contributed by atoms with E-state index in [9.17, 15) is 4.79 Å². The minimum Gasteiger partial charge on any atom is -0.481 e. The summed E-state index contributed by atoms with van der Waals surface area (Å²) in [6.07, 6.45) is 5.47. The van der Waals surface area contributed by atoms with Crippen LogP contribution in [0.4, 0.5) is 0 Å². The number of aromatic nitrogens is 2. The first-order chi connectivity index (χ1) is 9.20. The molecule has 1 N–H and O–H groups in total. The quantitative estimate of drug-likeness (QED) is 0.852. The number of aliphatic carboxylic acids is 1. The van der Waals surface area contributed by atoms with Gasteiger partial charge in [-0.15, -0.1) is 0 Å². The normalized spacial score (nSPS) is 18.4. The summed E-state index contributed by atoms with van der Waals surface area (Å²) in [5.74, 6) is 0.0674. The summed E-state index contributed by atoms with van der Waals surface area (Å²) in [5.41, 5.74) is 0. The van der Waals surface area contributed by atoms with E-state index < -0.39 is 5.97 Å². The number of hydrogen-bond donors (Lipinski definition) is 1. The average Bonchev–Trinajstić information content (AvgIpc) is 2.84. The summed E-state index contributed by atoms with van der Waals surface area (Å²) >= 11 is 0. The maximum atomic E-state index is 10.6. The highest BCUT2D eigenvalue weighted by atomic mass is 16.5. The first-order valence-corrected chi connectivity index (χ1v) is 6.86. The number of carbonyl (C=O) groups is 1. The molecule has 1 heterocycles. The smallest absolute Gasteiger partial charge is 0.312 e. The highest BCUT2D eigenvalue weighted by molar-refractivity contribution is 5.68. The van der Waals surface area contributed by atoms with E-state index >= 15 is 0 Å². The van der Waals surface area contributed by atoms with Crippen molar-refractivity contribution in [2.45, 2.75) is 51.6 Å². The monoisotopic (exact) mass is 268 g/mol. The van der Waals surface area contributed by atoms with Gasteiger partial charge in [0.15, 0.2) is 0 Å². The number of rotatable bonds is 6. The summed E-state index contributed by atoms with van der Waals surface area (Å²) in [7, 11) is 0. The first-order valence-electron chi connectivity index (χ1n) is 6.86. The van der Waals surface area contributed by atoms with Crippen molar-refractivity contribution in [1.29, 1.82) is 0 Å². The van der Waals surface area contributed by atoms with Crippen molar-refractivity contribution < 1.29 is 19.2 Å². The molecular formula is C13H20N2O4. The summed E-state index contributed by atoms with van der Waals surface area (Å²) in [6.45, 7) is 2.53. The van der Waals surface area contributed by atoms with E-state index in [0.717, 1.165) is 12.8 Å². The topological polar surface area (TPSA) is 85.5 Å². The molecule has 1 saturated carbocycles. The van der Waals surface area contributed by atoms with Gasteiger partial charge in [0.25, 0.3) is 0 Å². The fourth-order valence-corrected chi connectivity index (χ4v) is 2.62. The average molecular weight is 268 g/mol. The zero-order chi connectivity index (χ0) is 13.7. The van der Waals surface area contributed by atoms with Gasteiger partial charge in [-0.2, -0.15) is 4.98 Å². The second-order valence-corrected chi connectivity index (χ2v) is 4.89. The van der Waals surface area contributed by atoms with Crippen LogP contribution in [0.3, 0.4) is 0 Å². The Balaban J connectivity index is 2.08. The number of carboxylic acid groups (broad SMARTS) is 1. The molecule has 0 spiro atoms. The van der Waals surface area contributed by atoms with Crippen molar-refractivity contribution in [3.05, 3.63) is 11.7 Å². The molecule has 0 amide bonds. The van der Waals surface area contributed by atoms with Crippen molar-refractivity contribution in [1.82, 2.24) is 10.1 Å². The van der Waals surface area contributed by atoms with Crippen LogP contribution in [0.2, 0.25) is 0 Å². The molecule has 1 aromatic rings. The third-order valence-electron chi connectivity index (χ3n) is 3.46. The second kappa shape index (κ2) is 6.65. The molecule has 1 aliphatic carbocycles. The molecule has 1 aliphatic rings. The molecule has 19 heavy (non-hydrogen) atoms. The highest BCUT2D eigenvalue weighted by Crippen LogP contribution is 2.35. The Hall–Kier alpha value is -1.43. The van der Waals surface area contributed by atoms with Gasteiger partial charge < -0.3 is 14.4 Å². The van der Waals surface area contributed by atoms with E-state index in [1.807, 2.05) is 6.92 Å². The van der Waals surface area contributed by atoms with E-state index in [4.69, 9.17) is 14.4 Å². The Morgan fingerprint density at radius 1 is 1.47 bits per heavy atom. The summed E-state index contributed by atoms with van der Waals surface area (Å²) < 4.78 is 10.7. The third-order valence-corrected chi connectivity index (χ3v) is 3.46. The molecule has 1 fully saturated rings. The number of carboxylic acids is 1. The van der Waals surface area contributed by atoms with Crippen LogP contribution in [-0.4, -0.2) is 27.8 Å². The molecule has 2 rings (SSSR count). The van der Waals surface area contributed by atoms with Crippen LogP contribution >= 0.6 is 0 Å². The molecule has 106 valence electrons. The fraction of sp³-hybridized carbons (Fsp3) is 0.769. The molecule has 0 saturated heterocycles. The van der Waals surface area contributed by atoms with Crippen molar-refractivity contribution in [3.63, 3.8) is 0 Å². The minimum atomic E-state index is -0.971. The van der Waals surface area contributed by atoms with E-state index in [1.54, 1.807) is 0 Å². The lowest BCUT2D eigenvalue weighted by molar-refractivity contribution is -0.136. The van der Waals surface area contributed by atoms with Gasteiger partial charge in [-0.3, -0.25) is 4.79 Å². The van der Waals surface area contributed by atoms with Crippen LogP contribution in [0.15, 0.2) is 4.52 Å². The van der Waals surface area contributed by atoms with Gasteiger partial charge in [0.2, 0.25) is 11.7 Å². The molecule has 6 heteroatoms. The fourth-order valence-electron chi connectivity index (χ4n) is 2.62. The Morgan fingerprint density at radius 3 is 2.84 bits per heavy atom. The van der Waals surface area contributed by atoms with E-state index in [2.05, 4.69) is 10.1 Å². The van der Waals surface area contributed by atoms with Crippen LogP contribution in [0.1, 0.15) is 56.8 Å². The number of hydrogen-bond acceptors (Lipinski definition) is 5. The molecule has 1 aromatic heterocycles. The van der Waals surface area contributed by atoms with Gasteiger partial charge in [0.1, 0.15) is 12.5 Å². The Labute approximate surface area is 112 Å². The maximum absolute atomic E-state index is 10.6. The summed E-state index contributed by atoms with van der Waals surface area (Å²) in [6, 6.07) is 0. The van der Waals surface area contributed by atoms with Gasteiger partial charge in [0.05, 0.1) is 0 Å². The lowest BCUT2D eigenvalue weighted by Crippen LogP contribution is -2.20. The van der Waals surface area contributed by atoms with E-state index in [0.29, 0.717) is 18.3 Å². The van der Waals surface area contributed by atoms with Gasteiger partial charge in [-0.25, -0.2) is 0 Å². The molecular weight excluding hydrogens is 248 g/mol. The molecule has 0 aliphatic heterocycles.